The summed E-state index contributed by atoms with van der Waals surface area (Å²) in [5, 5.41) is 29.6. The lowest BCUT2D eigenvalue weighted by molar-refractivity contribution is -0.00177. The third-order valence-electron chi connectivity index (χ3n) is 5.19. The maximum absolute atomic E-state index is 14.0. The van der Waals surface area contributed by atoms with Crippen LogP contribution in [0.2, 0.25) is 0 Å². The van der Waals surface area contributed by atoms with Crippen LogP contribution in [0.4, 0.5) is 15.9 Å². The Kier molecular flexibility index (Phi) is 5.40. The van der Waals surface area contributed by atoms with E-state index in [0.29, 0.717) is 22.5 Å². The van der Waals surface area contributed by atoms with Gasteiger partial charge >= 0.3 is 0 Å². The zero-order valence-corrected chi connectivity index (χ0v) is 17.6. The summed E-state index contributed by atoms with van der Waals surface area (Å²) in [6, 6.07) is 5.49. The van der Waals surface area contributed by atoms with Crippen LogP contribution in [-0.4, -0.2) is 55.1 Å². The van der Waals surface area contributed by atoms with Gasteiger partial charge in [-0.15, -0.1) is 0 Å². The summed E-state index contributed by atoms with van der Waals surface area (Å²) >= 11 is 0. The van der Waals surface area contributed by atoms with Gasteiger partial charge in [-0.1, -0.05) is 0 Å². The first-order valence-corrected chi connectivity index (χ1v) is 10.1. The zero-order valence-electron chi connectivity index (χ0n) is 17.6. The molecule has 0 radical (unpaired) electrons. The lowest BCUT2D eigenvalue weighted by Gasteiger charge is -2.22. The van der Waals surface area contributed by atoms with Gasteiger partial charge in [0.1, 0.15) is 18.1 Å². The van der Waals surface area contributed by atoms with Gasteiger partial charge < -0.3 is 21.5 Å². The highest BCUT2D eigenvalue weighted by atomic mass is 19.1. The van der Waals surface area contributed by atoms with Crippen LogP contribution >= 0.6 is 0 Å². The van der Waals surface area contributed by atoms with Crippen molar-refractivity contribution in [2.75, 3.05) is 17.6 Å². The van der Waals surface area contributed by atoms with Gasteiger partial charge in [0, 0.05) is 23.7 Å². The maximum atomic E-state index is 14.0. The molecular formula is C21H23FN8O2. The van der Waals surface area contributed by atoms with Crippen molar-refractivity contribution in [1.82, 2.24) is 25.1 Å². The number of nitriles is 1. The van der Waals surface area contributed by atoms with E-state index in [-0.39, 0.29) is 29.5 Å². The minimum atomic E-state index is -1.62. The molecular weight excluding hydrogens is 415 g/mol. The van der Waals surface area contributed by atoms with E-state index in [1.807, 2.05) is 6.07 Å². The number of nitrogens with two attached hydrogens (primary N) is 1. The fourth-order valence-corrected chi connectivity index (χ4v) is 3.06. The third kappa shape index (κ3) is 4.31. The first kappa shape index (κ1) is 21.5. The second-order valence-electron chi connectivity index (χ2n) is 8.34. The van der Waals surface area contributed by atoms with Crippen molar-refractivity contribution in [3.8, 4) is 11.9 Å². The quantitative estimate of drug-likeness (QED) is 0.434. The number of rotatable bonds is 7. The predicted octanol–water partition coefficient (Wildman–Crippen LogP) is 1.68. The molecule has 11 heteroatoms. The Morgan fingerprint density at radius 3 is 2.84 bits per heavy atom. The normalized spacial score (nSPS) is 14.7. The molecule has 166 valence electrons. The van der Waals surface area contributed by atoms with Crippen LogP contribution in [0.15, 0.2) is 24.5 Å². The van der Waals surface area contributed by atoms with Crippen LogP contribution in [0.25, 0.3) is 16.9 Å². The van der Waals surface area contributed by atoms with Gasteiger partial charge in [0.05, 0.1) is 35.2 Å². The third-order valence-corrected chi connectivity index (χ3v) is 5.19. The van der Waals surface area contributed by atoms with Gasteiger partial charge in [-0.2, -0.15) is 15.0 Å². The number of aromatic nitrogens is 4. The summed E-state index contributed by atoms with van der Waals surface area (Å²) in [5.41, 5.74) is 5.74. The van der Waals surface area contributed by atoms with Crippen LogP contribution in [0.5, 0.6) is 0 Å². The Bertz CT molecular complexity index is 1220. The van der Waals surface area contributed by atoms with Gasteiger partial charge in [0.15, 0.2) is 11.5 Å². The average Bonchev–Trinajstić information content (AvgIpc) is 3.47. The van der Waals surface area contributed by atoms with Gasteiger partial charge in [-0.25, -0.2) is 14.4 Å². The summed E-state index contributed by atoms with van der Waals surface area (Å²) in [4.78, 5) is 21.3. The Labute approximate surface area is 183 Å². The molecule has 5 N–H and O–H groups in total. The molecule has 0 unspecified atom stereocenters. The van der Waals surface area contributed by atoms with Crippen LogP contribution < -0.4 is 16.4 Å². The number of carbonyl (C=O) groups is 1. The highest BCUT2D eigenvalue weighted by Crippen LogP contribution is 2.29. The van der Waals surface area contributed by atoms with E-state index in [1.165, 1.54) is 24.7 Å². The maximum Gasteiger partial charge on any atom is 0.255 e. The van der Waals surface area contributed by atoms with Crippen LogP contribution in [0.1, 0.15) is 42.6 Å². The highest BCUT2D eigenvalue weighted by Gasteiger charge is 2.28. The number of anilines is 2. The molecule has 32 heavy (non-hydrogen) atoms. The molecule has 10 nitrogen and oxygen atoms in total. The molecule has 0 aliphatic heterocycles. The fraction of sp³-hybridized carbons (Fsp3) is 0.381. The number of aliphatic hydroxyl groups is 1. The number of halogens is 1. The largest absolute Gasteiger partial charge is 0.387 e. The minimum Gasteiger partial charge on any atom is -0.387 e. The number of fused-ring (bicyclic) bond motifs is 1. The Morgan fingerprint density at radius 1 is 1.44 bits per heavy atom. The predicted molar refractivity (Wildman–Crippen MR) is 116 cm³/mol. The van der Waals surface area contributed by atoms with Crippen molar-refractivity contribution in [2.24, 2.45) is 0 Å². The molecule has 1 atom stereocenters. The summed E-state index contributed by atoms with van der Waals surface area (Å²) < 4.78 is 15.5. The summed E-state index contributed by atoms with van der Waals surface area (Å²) in [6.07, 6.45) is 3.26. The molecule has 0 aromatic carbocycles. The molecule has 1 aliphatic rings. The topological polar surface area (TPSA) is 155 Å². The number of nitrogens with zero attached hydrogens (tertiary/aromatic N) is 5. The number of pyridine rings is 2. The number of nitrogen functional groups attached to an aromatic ring is 1. The zero-order chi connectivity index (χ0) is 23.0. The van der Waals surface area contributed by atoms with Crippen molar-refractivity contribution in [3.05, 3.63) is 35.7 Å². The first-order chi connectivity index (χ1) is 15.2. The molecule has 0 saturated heterocycles. The molecule has 1 fully saturated rings. The molecule has 1 saturated carbocycles. The summed E-state index contributed by atoms with van der Waals surface area (Å²) in [5.74, 6) is -0.0247. The van der Waals surface area contributed by atoms with E-state index < -0.39 is 17.7 Å². The lowest BCUT2D eigenvalue weighted by Crippen LogP contribution is -2.42. The first-order valence-electron chi connectivity index (χ1n) is 10.1. The molecule has 4 rings (SSSR count). The number of nitrogens with one attached hydrogen (secondary N) is 2. The Hall–Kier alpha value is -3.78. The molecule has 0 bridgehead atoms. The van der Waals surface area contributed by atoms with E-state index in [4.69, 9.17) is 11.0 Å². The van der Waals surface area contributed by atoms with Crippen LogP contribution in [-0.2, 0) is 0 Å². The van der Waals surface area contributed by atoms with Crippen molar-refractivity contribution >= 4 is 28.4 Å². The number of hydrogen-bond acceptors (Lipinski definition) is 8. The van der Waals surface area contributed by atoms with Gasteiger partial charge in [-0.3, -0.25) is 4.79 Å². The van der Waals surface area contributed by atoms with Gasteiger partial charge in [0.25, 0.3) is 5.91 Å². The fourth-order valence-electron chi connectivity index (χ4n) is 3.06. The second-order valence-corrected chi connectivity index (χ2v) is 8.34. The molecule has 3 aromatic rings. The monoisotopic (exact) mass is 438 g/mol. The molecule has 0 spiro atoms. The standard InChI is InChI=1S/C21H23FN8O2/c1-21(2,32)16(22)10-26-20(31)14-9-25-17(6-15(14)28-13-3-4-13)30-19-12(8-27-30)5-11(7-23)18(24)29-19/h5-6,8-9,13,16,32H,3-4,10H2,1-2H3,(H2,24,29)(H,25,28)(H,26,31)/t16-/m1/s1. The second kappa shape index (κ2) is 8.05. The minimum absolute atomic E-state index is 0.0849. The van der Waals surface area contributed by atoms with E-state index >= 15 is 0 Å². The van der Waals surface area contributed by atoms with Crippen LogP contribution in [0.3, 0.4) is 0 Å². The summed E-state index contributed by atoms with van der Waals surface area (Å²) in [7, 11) is 0. The number of alkyl halides is 1. The van der Waals surface area contributed by atoms with E-state index in [0.717, 1.165) is 12.8 Å². The average molecular weight is 438 g/mol. The summed E-state index contributed by atoms with van der Waals surface area (Å²) in [6.45, 7) is 2.35. The van der Waals surface area contributed by atoms with Crippen LogP contribution in [0, 0.1) is 11.3 Å². The number of carbonyl (C=O) groups excluding carboxylic acids is 1. The van der Waals surface area contributed by atoms with Gasteiger partial charge in [0.2, 0.25) is 0 Å². The Balaban J connectivity index is 1.66. The van der Waals surface area contributed by atoms with Crippen molar-refractivity contribution < 1.29 is 14.3 Å². The van der Waals surface area contributed by atoms with E-state index in [2.05, 4.69) is 25.7 Å². The van der Waals surface area contributed by atoms with Gasteiger partial charge in [-0.05, 0) is 32.8 Å². The van der Waals surface area contributed by atoms with Crippen molar-refractivity contribution in [2.45, 2.75) is 44.5 Å². The molecule has 3 heterocycles. The van der Waals surface area contributed by atoms with E-state index in [9.17, 15) is 14.3 Å². The van der Waals surface area contributed by atoms with Crippen molar-refractivity contribution in [3.63, 3.8) is 0 Å². The van der Waals surface area contributed by atoms with Crippen molar-refractivity contribution in [1.29, 1.82) is 5.26 Å². The Morgan fingerprint density at radius 2 is 2.19 bits per heavy atom. The molecule has 1 aliphatic carbocycles. The highest BCUT2D eigenvalue weighted by molar-refractivity contribution is 5.99. The number of amides is 1. The smallest absolute Gasteiger partial charge is 0.255 e. The SMILES string of the molecule is CC(C)(O)[C@H](F)CNC(=O)c1cnc(-n2ncc3cc(C#N)c(N)nc32)cc1NC1CC1. The molecule has 1 amide bonds. The lowest BCUT2D eigenvalue weighted by atomic mass is 10.0. The number of hydrogen-bond donors (Lipinski definition) is 4. The van der Waals surface area contributed by atoms with E-state index in [1.54, 1.807) is 18.3 Å². The molecule has 3 aromatic heterocycles.